The van der Waals surface area contributed by atoms with Gasteiger partial charge in [-0.2, -0.15) is 5.10 Å². The maximum Gasteiger partial charge on any atom is 0.191 e. The average molecular weight is 291 g/mol. The van der Waals surface area contributed by atoms with Crippen molar-refractivity contribution in [2.75, 3.05) is 19.6 Å². The van der Waals surface area contributed by atoms with E-state index in [4.69, 9.17) is 5.73 Å². The van der Waals surface area contributed by atoms with Gasteiger partial charge in [-0.05, 0) is 44.6 Å². The third kappa shape index (κ3) is 4.48. The highest BCUT2D eigenvalue weighted by Gasteiger charge is 2.17. The van der Waals surface area contributed by atoms with Crippen LogP contribution in [0.25, 0.3) is 0 Å². The van der Waals surface area contributed by atoms with Crippen molar-refractivity contribution in [3.63, 3.8) is 0 Å². The van der Waals surface area contributed by atoms with Gasteiger partial charge < -0.3 is 10.6 Å². The van der Waals surface area contributed by atoms with Gasteiger partial charge in [-0.15, -0.1) is 0 Å². The van der Waals surface area contributed by atoms with Crippen LogP contribution in [0.5, 0.6) is 0 Å². The fourth-order valence-corrected chi connectivity index (χ4v) is 2.96. The van der Waals surface area contributed by atoms with Crippen molar-refractivity contribution in [3.05, 3.63) is 17.5 Å². The highest BCUT2D eigenvalue weighted by molar-refractivity contribution is 5.78. The van der Waals surface area contributed by atoms with Gasteiger partial charge in [0.1, 0.15) is 0 Å². The van der Waals surface area contributed by atoms with Crippen LogP contribution in [0.3, 0.4) is 0 Å². The van der Waals surface area contributed by atoms with E-state index >= 15 is 0 Å². The summed E-state index contributed by atoms with van der Waals surface area (Å²) in [6.45, 7) is 12.4. The van der Waals surface area contributed by atoms with E-state index in [-0.39, 0.29) is 0 Å². The predicted octanol–water partition coefficient (Wildman–Crippen LogP) is 2.18. The third-order valence-corrected chi connectivity index (χ3v) is 4.13. The molecule has 5 heteroatoms. The molecule has 0 spiro atoms. The third-order valence-electron chi connectivity index (χ3n) is 4.13. The number of nitrogens with two attached hydrogens (primary N) is 1. The normalized spacial score (nSPS) is 21.6. The Morgan fingerprint density at radius 1 is 1.52 bits per heavy atom. The van der Waals surface area contributed by atoms with Crippen LogP contribution in [0.15, 0.2) is 11.1 Å². The summed E-state index contributed by atoms with van der Waals surface area (Å²) in [6.07, 6.45) is 2.52. The number of guanidine groups is 1. The molecule has 21 heavy (non-hydrogen) atoms. The maximum atomic E-state index is 6.14. The Labute approximate surface area is 128 Å². The van der Waals surface area contributed by atoms with Crippen LogP contribution in [0.4, 0.5) is 0 Å². The molecule has 0 aliphatic carbocycles. The molecule has 2 N–H and O–H groups in total. The van der Waals surface area contributed by atoms with E-state index in [2.05, 4.69) is 46.5 Å². The van der Waals surface area contributed by atoms with E-state index in [0.29, 0.717) is 11.9 Å². The first-order valence-corrected chi connectivity index (χ1v) is 8.01. The molecule has 118 valence electrons. The van der Waals surface area contributed by atoms with Crippen LogP contribution in [-0.2, 0) is 6.54 Å². The van der Waals surface area contributed by atoms with Crippen LogP contribution in [0.1, 0.15) is 38.1 Å². The number of hydrogen-bond acceptors (Lipinski definition) is 2. The zero-order chi connectivity index (χ0) is 15.4. The fraction of sp³-hybridized carbons (Fsp3) is 0.750. The van der Waals surface area contributed by atoms with Gasteiger partial charge in [0.2, 0.25) is 0 Å². The molecule has 1 aromatic heterocycles. The first-order valence-electron chi connectivity index (χ1n) is 8.01. The lowest BCUT2D eigenvalue weighted by molar-refractivity contribution is 0.269. The van der Waals surface area contributed by atoms with E-state index in [9.17, 15) is 0 Å². The summed E-state index contributed by atoms with van der Waals surface area (Å²) in [5.74, 6) is 1.87. The van der Waals surface area contributed by atoms with E-state index in [1.165, 1.54) is 18.5 Å². The van der Waals surface area contributed by atoms with E-state index in [1.54, 1.807) is 0 Å². The Morgan fingerprint density at radius 2 is 2.29 bits per heavy atom. The molecule has 2 rings (SSSR count). The second-order valence-electron chi connectivity index (χ2n) is 6.61. The predicted molar refractivity (Wildman–Crippen MR) is 87.3 cm³/mol. The SMILES string of the molecule is Cc1cc(C)n(C[C@@H](C)CN=C(N)N2CCC[C@@H](C)C2)n1. The van der Waals surface area contributed by atoms with E-state index in [1.807, 2.05) is 6.92 Å². The lowest BCUT2D eigenvalue weighted by Gasteiger charge is -2.31. The molecule has 0 aromatic carbocycles. The molecule has 1 saturated heterocycles. The standard InChI is InChI=1S/C16H29N5/c1-12-6-5-7-20(10-12)16(17)18-9-13(2)11-21-15(4)8-14(3)19-21/h8,12-13H,5-7,9-11H2,1-4H3,(H2,17,18)/t12-,13+/m1/s1. The number of aliphatic imine (C=N–C) groups is 1. The van der Waals surface area contributed by atoms with Crippen molar-refractivity contribution in [1.82, 2.24) is 14.7 Å². The molecule has 0 saturated carbocycles. The lowest BCUT2D eigenvalue weighted by atomic mass is 10.0. The number of hydrogen-bond donors (Lipinski definition) is 1. The molecule has 0 unspecified atom stereocenters. The van der Waals surface area contributed by atoms with Crippen molar-refractivity contribution in [2.45, 2.75) is 47.1 Å². The lowest BCUT2D eigenvalue weighted by Crippen LogP contribution is -2.43. The number of piperidine rings is 1. The van der Waals surface area contributed by atoms with Crippen molar-refractivity contribution in [2.24, 2.45) is 22.6 Å². The first kappa shape index (κ1) is 15.9. The molecular weight excluding hydrogens is 262 g/mol. The number of rotatable bonds is 4. The minimum Gasteiger partial charge on any atom is -0.370 e. The van der Waals surface area contributed by atoms with Gasteiger partial charge in [-0.25, -0.2) is 0 Å². The quantitative estimate of drug-likeness (QED) is 0.683. The molecule has 1 aliphatic heterocycles. The average Bonchev–Trinajstić information content (AvgIpc) is 2.74. The van der Waals surface area contributed by atoms with Gasteiger partial charge in [-0.1, -0.05) is 13.8 Å². The van der Waals surface area contributed by atoms with Gasteiger partial charge in [0.25, 0.3) is 0 Å². The summed E-state index contributed by atoms with van der Waals surface area (Å²) < 4.78 is 2.06. The summed E-state index contributed by atoms with van der Waals surface area (Å²) >= 11 is 0. The van der Waals surface area contributed by atoms with Crippen molar-refractivity contribution >= 4 is 5.96 Å². The summed E-state index contributed by atoms with van der Waals surface area (Å²) in [5, 5.41) is 4.50. The van der Waals surface area contributed by atoms with Crippen molar-refractivity contribution in [1.29, 1.82) is 0 Å². The topological polar surface area (TPSA) is 59.4 Å². The number of aromatic nitrogens is 2. The molecule has 1 aromatic rings. The minimum atomic E-state index is 0.434. The number of nitrogens with zero attached hydrogens (tertiary/aromatic N) is 4. The molecule has 2 heterocycles. The number of likely N-dealkylation sites (tertiary alicyclic amines) is 1. The number of aryl methyl sites for hydroxylation is 2. The van der Waals surface area contributed by atoms with E-state index < -0.39 is 0 Å². The molecule has 5 nitrogen and oxygen atoms in total. The molecule has 0 radical (unpaired) electrons. The zero-order valence-electron chi connectivity index (χ0n) is 13.8. The Bertz CT molecular complexity index is 491. The second-order valence-corrected chi connectivity index (χ2v) is 6.61. The highest BCUT2D eigenvalue weighted by Crippen LogP contribution is 2.15. The Morgan fingerprint density at radius 3 is 2.90 bits per heavy atom. The highest BCUT2D eigenvalue weighted by atomic mass is 15.3. The summed E-state index contributed by atoms with van der Waals surface area (Å²) in [6, 6.07) is 2.11. The fourth-order valence-electron chi connectivity index (χ4n) is 2.96. The van der Waals surface area contributed by atoms with Crippen LogP contribution in [0, 0.1) is 25.7 Å². The Kier molecular flexibility index (Phi) is 5.26. The van der Waals surface area contributed by atoms with Crippen LogP contribution in [0.2, 0.25) is 0 Å². The first-order chi connectivity index (χ1) is 9.95. The Balaban J connectivity index is 1.86. The van der Waals surface area contributed by atoms with Crippen LogP contribution >= 0.6 is 0 Å². The second kappa shape index (κ2) is 6.96. The van der Waals surface area contributed by atoms with Gasteiger partial charge >= 0.3 is 0 Å². The molecular formula is C16H29N5. The summed E-state index contributed by atoms with van der Waals surface area (Å²) in [5.41, 5.74) is 8.42. The largest absolute Gasteiger partial charge is 0.370 e. The zero-order valence-corrected chi connectivity index (χ0v) is 13.8. The maximum absolute atomic E-state index is 6.14. The molecule has 0 bridgehead atoms. The monoisotopic (exact) mass is 291 g/mol. The smallest absolute Gasteiger partial charge is 0.191 e. The molecule has 2 atom stereocenters. The summed E-state index contributed by atoms with van der Waals surface area (Å²) in [7, 11) is 0. The van der Waals surface area contributed by atoms with Gasteiger partial charge in [0, 0.05) is 31.9 Å². The minimum absolute atomic E-state index is 0.434. The van der Waals surface area contributed by atoms with Crippen LogP contribution < -0.4 is 5.73 Å². The van der Waals surface area contributed by atoms with Gasteiger partial charge in [-0.3, -0.25) is 9.67 Å². The van der Waals surface area contributed by atoms with Gasteiger partial charge in [0.15, 0.2) is 5.96 Å². The Hall–Kier alpha value is -1.52. The van der Waals surface area contributed by atoms with Gasteiger partial charge in [0.05, 0.1) is 5.69 Å². The molecule has 1 fully saturated rings. The van der Waals surface area contributed by atoms with Crippen molar-refractivity contribution < 1.29 is 0 Å². The van der Waals surface area contributed by atoms with Crippen molar-refractivity contribution in [3.8, 4) is 0 Å². The molecule has 0 amide bonds. The van der Waals surface area contributed by atoms with E-state index in [0.717, 1.165) is 37.8 Å². The molecule has 1 aliphatic rings. The summed E-state index contributed by atoms with van der Waals surface area (Å²) in [4.78, 5) is 6.82. The van der Waals surface area contributed by atoms with Crippen LogP contribution in [-0.4, -0.2) is 40.3 Å².